The van der Waals surface area contributed by atoms with E-state index >= 15 is 0 Å². The second kappa shape index (κ2) is 4.05. The lowest BCUT2D eigenvalue weighted by Crippen LogP contribution is -2.57. The maximum atomic E-state index is 10.5. The highest BCUT2D eigenvalue weighted by atomic mass is 127. The number of carboxylic acids is 1. The molecule has 0 aliphatic carbocycles. The summed E-state index contributed by atoms with van der Waals surface area (Å²) in [4.78, 5) is 10.5. The van der Waals surface area contributed by atoms with E-state index in [4.69, 9.17) is 15.3 Å². The lowest BCUT2D eigenvalue weighted by atomic mass is 10.0. The second-order valence-corrected chi connectivity index (χ2v) is 4.15. The van der Waals surface area contributed by atoms with Gasteiger partial charge in [0.05, 0.1) is 10.0 Å². The van der Waals surface area contributed by atoms with E-state index in [2.05, 4.69) is 4.74 Å². The van der Waals surface area contributed by atoms with Crippen molar-refractivity contribution in [3.8, 4) is 0 Å². The number of alkyl halides is 1. The number of aliphatic hydroxyl groups is 3. The van der Waals surface area contributed by atoms with E-state index in [1.807, 2.05) is 0 Å². The van der Waals surface area contributed by atoms with Crippen LogP contribution in [0.5, 0.6) is 0 Å². The van der Waals surface area contributed by atoms with Crippen LogP contribution in [0.1, 0.15) is 0 Å². The number of aliphatic carboxylic acids is 1. The van der Waals surface area contributed by atoms with Crippen LogP contribution in [0, 0.1) is 0 Å². The molecule has 0 bridgehead atoms. The summed E-state index contributed by atoms with van der Waals surface area (Å²) in [6.45, 7) is 0. The maximum absolute atomic E-state index is 10.5. The first kappa shape index (κ1) is 11.1. The van der Waals surface area contributed by atoms with E-state index in [0.29, 0.717) is 0 Å². The van der Waals surface area contributed by atoms with Crippen LogP contribution in [0.15, 0.2) is 0 Å². The first-order valence-electron chi connectivity index (χ1n) is 3.51. The van der Waals surface area contributed by atoms with E-state index in [-0.39, 0.29) is 0 Å². The summed E-state index contributed by atoms with van der Waals surface area (Å²) in [6, 6.07) is 0. The molecular weight excluding hydrogens is 295 g/mol. The van der Waals surface area contributed by atoms with Gasteiger partial charge in [-0.25, -0.2) is 4.79 Å². The van der Waals surface area contributed by atoms with E-state index in [1.54, 1.807) is 22.6 Å². The van der Waals surface area contributed by atoms with Gasteiger partial charge in [-0.05, 0) is 0 Å². The summed E-state index contributed by atoms with van der Waals surface area (Å²) >= 11 is 1.66. The molecule has 4 N–H and O–H groups in total. The maximum Gasteiger partial charge on any atom is 0.334 e. The Balaban J connectivity index is 2.76. The number of rotatable bonds is 1. The van der Waals surface area contributed by atoms with Gasteiger partial charge < -0.3 is 25.2 Å². The Morgan fingerprint density at radius 2 is 1.77 bits per heavy atom. The molecular formula is C6H9IO6. The zero-order valence-electron chi connectivity index (χ0n) is 6.37. The Hall–Kier alpha value is 0.0400. The third kappa shape index (κ3) is 2.10. The summed E-state index contributed by atoms with van der Waals surface area (Å²) in [7, 11) is 0. The molecule has 5 atom stereocenters. The minimum Gasteiger partial charge on any atom is -0.479 e. The zero-order valence-corrected chi connectivity index (χ0v) is 8.53. The lowest BCUT2D eigenvalue weighted by molar-refractivity contribution is -0.243. The molecule has 0 radical (unpaired) electrons. The standard InChI is InChI=1S/C6H9IO6/c7-1-2(8)3(9)6(12)13-4(1)5(10)11/h1-4,6,8-9,12H,(H,10,11). The first-order chi connectivity index (χ1) is 5.95. The van der Waals surface area contributed by atoms with Crippen LogP contribution in [0.4, 0.5) is 0 Å². The summed E-state index contributed by atoms with van der Waals surface area (Å²) < 4.78 is 3.80. The van der Waals surface area contributed by atoms with Gasteiger partial charge >= 0.3 is 5.97 Å². The number of hydrogen-bond donors (Lipinski definition) is 4. The van der Waals surface area contributed by atoms with Crippen LogP contribution in [-0.2, 0) is 9.53 Å². The molecule has 1 heterocycles. The van der Waals surface area contributed by atoms with Gasteiger partial charge in [0, 0.05) is 0 Å². The molecule has 7 heteroatoms. The van der Waals surface area contributed by atoms with Gasteiger partial charge in [0.15, 0.2) is 12.4 Å². The molecule has 76 valence electrons. The highest BCUT2D eigenvalue weighted by Crippen LogP contribution is 2.25. The average Bonchev–Trinajstić information content (AvgIpc) is 2.07. The fourth-order valence-electron chi connectivity index (χ4n) is 1.04. The number of carboxylic acid groups (broad SMARTS) is 1. The Labute approximate surface area is 87.3 Å². The van der Waals surface area contributed by atoms with Crippen molar-refractivity contribution in [2.24, 2.45) is 0 Å². The second-order valence-electron chi connectivity index (χ2n) is 2.71. The Morgan fingerprint density at radius 1 is 1.23 bits per heavy atom. The van der Waals surface area contributed by atoms with Gasteiger partial charge in [-0.3, -0.25) is 0 Å². The fraction of sp³-hybridized carbons (Fsp3) is 0.833. The van der Waals surface area contributed by atoms with Gasteiger partial charge in [0.2, 0.25) is 0 Å². The Bertz CT molecular complexity index is 209. The number of hydrogen-bond acceptors (Lipinski definition) is 5. The van der Waals surface area contributed by atoms with Gasteiger partial charge in [-0.2, -0.15) is 0 Å². The minimum atomic E-state index is -1.65. The Morgan fingerprint density at radius 3 is 2.23 bits per heavy atom. The molecule has 0 amide bonds. The minimum absolute atomic E-state index is 0.784. The quantitative estimate of drug-likeness (QED) is 0.340. The van der Waals surface area contributed by atoms with Gasteiger partial charge in [-0.15, -0.1) is 0 Å². The normalized spacial score (nSPS) is 46.0. The van der Waals surface area contributed by atoms with Crippen molar-refractivity contribution in [2.45, 2.75) is 28.5 Å². The predicted molar refractivity (Wildman–Crippen MR) is 48.3 cm³/mol. The molecule has 6 nitrogen and oxygen atoms in total. The summed E-state index contributed by atoms with van der Waals surface area (Å²) in [5.41, 5.74) is 0. The van der Waals surface area contributed by atoms with Crippen molar-refractivity contribution in [1.29, 1.82) is 0 Å². The van der Waals surface area contributed by atoms with Crippen LogP contribution >= 0.6 is 22.6 Å². The SMILES string of the molecule is O=C(O)C1OC(O)C(O)C(O)C1I. The van der Waals surface area contributed by atoms with E-state index in [1.165, 1.54) is 0 Å². The van der Waals surface area contributed by atoms with Crippen molar-refractivity contribution in [3.63, 3.8) is 0 Å². The van der Waals surface area contributed by atoms with Crippen molar-refractivity contribution in [3.05, 3.63) is 0 Å². The number of ether oxygens (including phenoxy) is 1. The van der Waals surface area contributed by atoms with E-state index < -0.39 is 34.5 Å². The number of aliphatic hydroxyl groups excluding tert-OH is 3. The molecule has 0 aromatic heterocycles. The third-order valence-corrected chi connectivity index (χ3v) is 3.18. The van der Waals surface area contributed by atoms with Gasteiger partial charge in [0.1, 0.15) is 6.10 Å². The molecule has 0 saturated carbocycles. The smallest absolute Gasteiger partial charge is 0.334 e. The third-order valence-electron chi connectivity index (χ3n) is 1.79. The summed E-state index contributed by atoms with van der Waals surface area (Å²) in [5.74, 6) is -1.27. The molecule has 1 rings (SSSR count). The molecule has 13 heavy (non-hydrogen) atoms. The largest absolute Gasteiger partial charge is 0.479 e. The average molecular weight is 304 g/mol. The highest BCUT2D eigenvalue weighted by Gasteiger charge is 2.45. The van der Waals surface area contributed by atoms with Gasteiger partial charge in [0.25, 0.3) is 0 Å². The van der Waals surface area contributed by atoms with Gasteiger partial charge in [-0.1, -0.05) is 22.6 Å². The molecule has 0 aromatic carbocycles. The molecule has 1 saturated heterocycles. The molecule has 1 aliphatic rings. The molecule has 0 spiro atoms. The van der Waals surface area contributed by atoms with Crippen LogP contribution in [0.3, 0.4) is 0 Å². The van der Waals surface area contributed by atoms with Crippen LogP contribution < -0.4 is 0 Å². The molecule has 5 unspecified atom stereocenters. The Kier molecular flexibility index (Phi) is 3.46. The van der Waals surface area contributed by atoms with Crippen molar-refractivity contribution < 1.29 is 30.0 Å². The zero-order chi connectivity index (χ0) is 10.2. The monoisotopic (exact) mass is 304 g/mol. The van der Waals surface area contributed by atoms with Crippen LogP contribution in [0.2, 0.25) is 0 Å². The van der Waals surface area contributed by atoms with Crippen molar-refractivity contribution in [1.82, 2.24) is 0 Å². The summed E-state index contributed by atoms with van der Waals surface area (Å²) in [6.07, 6.45) is -5.71. The van der Waals surface area contributed by atoms with Crippen molar-refractivity contribution in [2.75, 3.05) is 0 Å². The fourth-order valence-corrected chi connectivity index (χ4v) is 1.94. The van der Waals surface area contributed by atoms with Crippen LogP contribution in [-0.4, -0.2) is 54.9 Å². The molecule has 0 aromatic rings. The van der Waals surface area contributed by atoms with Crippen LogP contribution in [0.25, 0.3) is 0 Å². The van der Waals surface area contributed by atoms with E-state index in [0.717, 1.165) is 0 Å². The molecule has 1 fully saturated rings. The lowest BCUT2D eigenvalue weighted by Gasteiger charge is -2.36. The number of carbonyl (C=O) groups is 1. The molecule has 1 aliphatic heterocycles. The topological polar surface area (TPSA) is 107 Å². The first-order valence-corrected chi connectivity index (χ1v) is 4.76. The highest BCUT2D eigenvalue weighted by molar-refractivity contribution is 14.1. The number of halogens is 1. The predicted octanol–water partition coefficient (Wildman–Crippen LogP) is -1.69. The summed E-state index contributed by atoms with van der Waals surface area (Å²) in [5, 5.41) is 36.0. The van der Waals surface area contributed by atoms with Crippen molar-refractivity contribution >= 4 is 28.6 Å². The van der Waals surface area contributed by atoms with E-state index in [9.17, 15) is 9.90 Å².